The Kier molecular flexibility index (Phi) is 11.0. The molecule has 0 aromatic heterocycles. The number of rotatable bonds is 9. The molecular weight excluding hydrogens is 824 g/mol. The summed E-state index contributed by atoms with van der Waals surface area (Å²) in [5, 5.41) is 126. The zero-order chi connectivity index (χ0) is 44.6. The predicted octanol–water partition coefficient (Wildman–Crippen LogP) is -1.10. The van der Waals surface area contributed by atoms with Crippen LogP contribution in [0.4, 0.5) is 0 Å². The second-order valence-corrected chi connectivity index (χ2v) is 15.2. The number of fused-ring (bicyclic) bond motifs is 4. The molecule has 12 N–H and O–H groups in total. The van der Waals surface area contributed by atoms with Crippen molar-refractivity contribution >= 4 is 23.5 Å². The highest BCUT2D eigenvalue weighted by Gasteiger charge is 2.50. The molecule has 62 heavy (non-hydrogen) atoms. The van der Waals surface area contributed by atoms with Crippen LogP contribution in [0.1, 0.15) is 86.6 Å². The number of aromatic carboxylic acids is 2. The molecule has 4 aliphatic rings. The Morgan fingerprint density at radius 3 is 1.23 bits per heavy atom. The van der Waals surface area contributed by atoms with Crippen molar-refractivity contribution < 1.29 is 99.4 Å². The first-order chi connectivity index (χ1) is 29.5. The Morgan fingerprint density at radius 1 is 0.516 bits per heavy atom. The van der Waals surface area contributed by atoms with Crippen LogP contribution in [0, 0.1) is 0 Å². The molecule has 8 rings (SSSR count). The molecule has 20 heteroatoms. The summed E-state index contributed by atoms with van der Waals surface area (Å²) in [6.07, 6.45) is -17.7. The van der Waals surface area contributed by atoms with Crippen LogP contribution in [0.15, 0.2) is 60.7 Å². The highest BCUT2D eigenvalue weighted by molar-refractivity contribution is 6.18. The standard InChI is InChI=1S/C42H38O20/c43-11-23-31(47)35(51)37(53)41(61-23)59-21-5-1-3-15-25(17-7-13(39(55)56)9-19(45)27(17)33(49)29(15)21)26-16-4-2-6-22(60-42-38(54)36(52)32(48)24(12-44)62-42)30(16)34(50)28-18(26)8-14(40(57)58)10-20(28)46/h1-10,23-26,31-32,35-38,41-48,51-54H,11-12H2,(H,55,56)(H,57,58)/t23-,24-,25-,26+,31-,32-,35+,36+,37-,38-,41+,42+/m1/s1. The molecular formula is C42H38O20. The van der Waals surface area contributed by atoms with Crippen molar-refractivity contribution in [3.05, 3.63) is 116 Å². The molecule has 0 amide bonds. The van der Waals surface area contributed by atoms with Gasteiger partial charge in [0.05, 0.1) is 46.6 Å². The number of aliphatic hydroxyl groups is 8. The van der Waals surface area contributed by atoms with E-state index in [4.69, 9.17) is 18.9 Å². The maximum atomic E-state index is 14.7. The number of benzene rings is 4. The van der Waals surface area contributed by atoms with Crippen molar-refractivity contribution in [3.8, 4) is 23.0 Å². The third kappa shape index (κ3) is 6.73. The van der Waals surface area contributed by atoms with Crippen LogP contribution < -0.4 is 9.47 Å². The van der Waals surface area contributed by atoms with E-state index >= 15 is 0 Å². The van der Waals surface area contributed by atoms with Gasteiger partial charge < -0.3 is 80.2 Å². The average molecular weight is 863 g/mol. The van der Waals surface area contributed by atoms with Crippen molar-refractivity contribution in [1.29, 1.82) is 0 Å². The van der Waals surface area contributed by atoms with Gasteiger partial charge in [-0.25, -0.2) is 9.59 Å². The van der Waals surface area contributed by atoms with E-state index in [1.807, 2.05) is 0 Å². The molecule has 12 atom stereocenters. The van der Waals surface area contributed by atoms with Crippen LogP contribution in [-0.2, 0) is 9.47 Å². The Hall–Kier alpha value is -6.04. The molecule has 0 saturated carbocycles. The van der Waals surface area contributed by atoms with E-state index in [-0.39, 0.29) is 44.9 Å². The van der Waals surface area contributed by atoms with Crippen molar-refractivity contribution in [3.63, 3.8) is 0 Å². The molecule has 2 saturated heterocycles. The third-order valence-electron chi connectivity index (χ3n) is 11.7. The molecule has 326 valence electrons. The van der Waals surface area contributed by atoms with E-state index in [0.717, 1.165) is 24.3 Å². The van der Waals surface area contributed by atoms with Gasteiger partial charge in [-0.05, 0) is 58.7 Å². The van der Waals surface area contributed by atoms with E-state index in [9.17, 15) is 80.5 Å². The number of aliphatic hydroxyl groups excluding tert-OH is 8. The molecule has 0 bridgehead atoms. The summed E-state index contributed by atoms with van der Waals surface area (Å²) in [4.78, 5) is 54.2. The van der Waals surface area contributed by atoms with E-state index in [2.05, 4.69) is 0 Å². The number of carboxylic acid groups (broad SMARTS) is 2. The molecule has 2 aliphatic heterocycles. The second kappa shape index (κ2) is 16.0. The third-order valence-corrected chi connectivity index (χ3v) is 11.7. The monoisotopic (exact) mass is 862 g/mol. The summed E-state index contributed by atoms with van der Waals surface area (Å²) in [5.74, 6) is -10.1. The van der Waals surface area contributed by atoms with Gasteiger partial charge in [0.25, 0.3) is 0 Å². The van der Waals surface area contributed by atoms with Gasteiger partial charge in [-0.3, -0.25) is 9.59 Å². The van der Waals surface area contributed by atoms with Gasteiger partial charge >= 0.3 is 11.9 Å². The first-order valence-electron chi connectivity index (χ1n) is 19.0. The minimum atomic E-state index is -1.94. The average Bonchev–Trinajstić information content (AvgIpc) is 3.24. The number of ether oxygens (including phenoxy) is 4. The lowest BCUT2D eigenvalue weighted by Gasteiger charge is -2.41. The van der Waals surface area contributed by atoms with Crippen LogP contribution in [-0.4, -0.2) is 159 Å². The van der Waals surface area contributed by atoms with Crippen LogP contribution in [0.5, 0.6) is 23.0 Å². The van der Waals surface area contributed by atoms with Gasteiger partial charge in [0, 0.05) is 11.8 Å². The molecule has 0 unspecified atom stereocenters. The van der Waals surface area contributed by atoms with Crippen molar-refractivity contribution in [2.75, 3.05) is 13.2 Å². The maximum Gasteiger partial charge on any atom is 0.335 e. The minimum Gasteiger partial charge on any atom is -0.507 e. The molecule has 4 aromatic carbocycles. The SMILES string of the molecule is O=C(O)c1cc(O)c2c(c1)[C@@H]([C@H]1c3cc(C(=O)O)cc(O)c3C(=O)c3c(O[C@H]4O[C@H](CO)[C@@H](O)[C@H](O)[C@H]4O)cccc31)c1cccc(O[C@H]3O[C@H](CO)[C@@H](O)[C@H](O)[C@H]3O)c1C2=O. The van der Waals surface area contributed by atoms with Crippen LogP contribution in [0.25, 0.3) is 0 Å². The van der Waals surface area contributed by atoms with Crippen molar-refractivity contribution in [1.82, 2.24) is 0 Å². The van der Waals surface area contributed by atoms with Gasteiger partial charge in [-0.15, -0.1) is 0 Å². The lowest BCUT2D eigenvalue weighted by atomic mass is 9.63. The molecule has 0 spiro atoms. The summed E-state index contributed by atoms with van der Waals surface area (Å²) in [7, 11) is 0. The van der Waals surface area contributed by atoms with Gasteiger partial charge in [0.15, 0.2) is 0 Å². The van der Waals surface area contributed by atoms with Gasteiger partial charge in [-0.1, -0.05) is 24.3 Å². The first-order valence-corrected chi connectivity index (χ1v) is 19.0. The number of hydrogen-bond acceptors (Lipinski definition) is 18. The molecule has 2 heterocycles. The Bertz CT molecular complexity index is 2330. The largest absolute Gasteiger partial charge is 0.507 e. The summed E-state index contributed by atoms with van der Waals surface area (Å²) in [6.45, 7) is -1.64. The molecule has 0 radical (unpaired) electrons. The summed E-state index contributed by atoms with van der Waals surface area (Å²) < 4.78 is 23.0. The normalized spacial score (nSPS) is 30.1. The minimum absolute atomic E-state index is 0.00301. The lowest BCUT2D eigenvalue weighted by molar-refractivity contribution is -0.277. The number of carbonyl (C=O) groups excluding carboxylic acids is 2. The van der Waals surface area contributed by atoms with E-state index < -0.39 is 144 Å². The number of carboxylic acids is 2. The lowest BCUT2D eigenvalue weighted by Crippen LogP contribution is -2.60. The van der Waals surface area contributed by atoms with Gasteiger partial charge in [0.1, 0.15) is 71.8 Å². The fourth-order valence-electron chi connectivity index (χ4n) is 8.71. The second-order valence-electron chi connectivity index (χ2n) is 15.2. The summed E-state index contributed by atoms with van der Waals surface area (Å²) in [5.41, 5.74) is -2.87. The predicted molar refractivity (Wildman–Crippen MR) is 202 cm³/mol. The molecule has 4 aromatic rings. The van der Waals surface area contributed by atoms with Crippen molar-refractivity contribution in [2.45, 2.75) is 73.2 Å². The van der Waals surface area contributed by atoms with Gasteiger partial charge in [-0.2, -0.15) is 0 Å². The number of aromatic hydroxyl groups is 2. The fraction of sp³-hybridized carbons (Fsp3) is 0.333. The fourth-order valence-corrected chi connectivity index (χ4v) is 8.71. The Labute approximate surface area is 348 Å². The number of phenolic OH excluding ortho intramolecular Hbond substituents is 2. The highest BCUT2D eigenvalue weighted by atomic mass is 16.7. The zero-order valence-electron chi connectivity index (χ0n) is 31.7. The number of carbonyl (C=O) groups is 4. The van der Waals surface area contributed by atoms with Gasteiger partial charge in [0.2, 0.25) is 24.1 Å². The van der Waals surface area contributed by atoms with Crippen LogP contribution in [0.3, 0.4) is 0 Å². The molecule has 2 aliphatic carbocycles. The Balaban J connectivity index is 1.38. The van der Waals surface area contributed by atoms with Crippen LogP contribution in [0.2, 0.25) is 0 Å². The number of hydrogen-bond donors (Lipinski definition) is 12. The topological polar surface area (TPSA) is 348 Å². The molecule has 20 nitrogen and oxygen atoms in total. The summed E-state index contributed by atoms with van der Waals surface area (Å²) >= 11 is 0. The molecule has 2 fully saturated rings. The maximum absolute atomic E-state index is 14.7. The smallest absolute Gasteiger partial charge is 0.335 e. The highest BCUT2D eigenvalue weighted by Crippen LogP contribution is 2.56. The Morgan fingerprint density at radius 2 is 0.887 bits per heavy atom. The summed E-state index contributed by atoms with van der Waals surface area (Å²) in [6, 6.07) is 11.9. The van der Waals surface area contributed by atoms with E-state index in [1.165, 1.54) is 36.4 Å². The van der Waals surface area contributed by atoms with E-state index in [0.29, 0.717) is 0 Å². The first kappa shape index (κ1) is 42.6. The van der Waals surface area contributed by atoms with Crippen LogP contribution >= 0.6 is 0 Å². The number of phenols is 2. The number of ketones is 2. The zero-order valence-corrected chi connectivity index (χ0v) is 31.7. The van der Waals surface area contributed by atoms with Crippen molar-refractivity contribution in [2.24, 2.45) is 0 Å². The quantitative estimate of drug-likeness (QED) is 0.0950. The van der Waals surface area contributed by atoms with E-state index in [1.54, 1.807) is 0 Å².